The summed E-state index contributed by atoms with van der Waals surface area (Å²) >= 11 is 0. The summed E-state index contributed by atoms with van der Waals surface area (Å²) in [4.78, 5) is 17.5. The van der Waals surface area contributed by atoms with Crippen LogP contribution in [0.5, 0.6) is 11.5 Å². The fraction of sp³-hybridized carbons (Fsp3) is 0.263. The summed E-state index contributed by atoms with van der Waals surface area (Å²) in [5.74, 6) is 0.972. The van der Waals surface area contributed by atoms with Crippen LogP contribution in [0.25, 0.3) is 5.65 Å². The Morgan fingerprint density at radius 3 is 2.68 bits per heavy atom. The number of pyridine rings is 1. The second kappa shape index (κ2) is 6.84. The van der Waals surface area contributed by atoms with E-state index in [0.29, 0.717) is 29.3 Å². The van der Waals surface area contributed by atoms with Gasteiger partial charge in [-0.2, -0.15) is 0 Å². The smallest absolute Gasteiger partial charge is 0.274 e. The van der Waals surface area contributed by atoms with E-state index < -0.39 is 0 Å². The van der Waals surface area contributed by atoms with Gasteiger partial charge in [0.15, 0.2) is 0 Å². The largest absolute Gasteiger partial charge is 0.497 e. The van der Waals surface area contributed by atoms with Crippen molar-refractivity contribution >= 4 is 17.2 Å². The molecule has 0 aliphatic carbocycles. The van der Waals surface area contributed by atoms with Crippen molar-refractivity contribution in [1.29, 1.82) is 0 Å². The van der Waals surface area contributed by atoms with E-state index in [1.54, 1.807) is 32.4 Å². The molecule has 130 valence electrons. The summed E-state index contributed by atoms with van der Waals surface area (Å²) in [6.07, 6.45) is 2.58. The highest BCUT2D eigenvalue weighted by atomic mass is 16.5. The van der Waals surface area contributed by atoms with Crippen LogP contribution in [-0.2, 0) is 6.42 Å². The van der Waals surface area contributed by atoms with Crippen LogP contribution in [0, 0.1) is 6.92 Å². The van der Waals surface area contributed by atoms with Crippen LogP contribution in [0.1, 0.15) is 28.7 Å². The van der Waals surface area contributed by atoms with Gasteiger partial charge in [0.05, 0.1) is 25.6 Å². The minimum atomic E-state index is -0.235. The number of carbonyl (C=O) groups excluding carboxylic acids is 1. The van der Waals surface area contributed by atoms with E-state index in [9.17, 15) is 4.79 Å². The molecule has 2 heterocycles. The summed E-state index contributed by atoms with van der Waals surface area (Å²) in [5.41, 5.74) is 3.65. The topological polar surface area (TPSA) is 64.9 Å². The zero-order valence-electron chi connectivity index (χ0n) is 14.8. The van der Waals surface area contributed by atoms with Crippen molar-refractivity contribution in [3.8, 4) is 11.5 Å². The molecule has 2 aromatic heterocycles. The molecule has 0 aliphatic heterocycles. The minimum absolute atomic E-state index is 0.235. The van der Waals surface area contributed by atoms with E-state index in [1.807, 2.05) is 36.6 Å². The molecule has 0 unspecified atom stereocenters. The third-order valence-electron chi connectivity index (χ3n) is 4.04. The van der Waals surface area contributed by atoms with Gasteiger partial charge in [0.2, 0.25) is 0 Å². The molecule has 6 nitrogen and oxygen atoms in total. The fourth-order valence-corrected chi connectivity index (χ4v) is 2.78. The van der Waals surface area contributed by atoms with Gasteiger partial charge in [-0.3, -0.25) is 9.20 Å². The predicted molar refractivity (Wildman–Crippen MR) is 96.8 cm³/mol. The molecule has 0 aliphatic rings. The lowest BCUT2D eigenvalue weighted by atomic mass is 10.2. The van der Waals surface area contributed by atoms with Gasteiger partial charge >= 0.3 is 0 Å². The highest BCUT2D eigenvalue weighted by molar-refractivity contribution is 6.05. The number of nitrogens with zero attached hydrogens (tertiary/aromatic N) is 2. The van der Waals surface area contributed by atoms with E-state index in [2.05, 4.69) is 10.3 Å². The molecular weight excluding hydrogens is 318 g/mol. The molecule has 3 aromatic rings. The molecule has 0 saturated carbocycles. The number of ether oxygens (including phenoxy) is 2. The van der Waals surface area contributed by atoms with Crippen LogP contribution in [0.4, 0.5) is 5.69 Å². The Balaban J connectivity index is 2.04. The van der Waals surface area contributed by atoms with Gasteiger partial charge in [0.25, 0.3) is 5.91 Å². The Labute approximate surface area is 146 Å². The molecule has 0 radical (unpaired) electrons. The highest BCUT2D eigenvalue weighted by Gasteiger charge is 2.20. The van der Waals surface area contributed by atoms with Crippen LogP contribution in [0.15, 0.2) is 36.5 Å². The number of methoxy groups -OCH3 is 2. The molecule has 0 saturated heterocycles. The van der Waals surface area contributed by atoms with Gasteiger partial charge in [0, 0.05) is 12.3 Å². The summed E-state index contributed by atoms with van der Waals surface area (Å²) in [5, 5.41) is 2.92. The lowest BCUT2D eigenvalue weighted by Gasteiger charge is -2.12. The maximum atomic E-state index is 13.0. The molecule has 1 N–H and O–H groups in total. The van der Waals surface area contributed by atoms with Crippen LogP contribution >= 0.6 is 0 Å². The maximum absolute atomic E-state index is 13.0. The second-order valence-corrected chi connectivity index (χ2v) is 5.72. The average Bonchev–Trinajstić information content (AvgIpc) is 2.99. The Kier molecular flexibility index (Phi) is 4.61. The van der Waals surface area contributed by atoms with Crippen LogP contribution < -0.4 is 14.8 Å². The fourth-order valence-electron chi connectivity index (χ4n) is 2.78. The number of aromatic nitrogens is 2. The zero-order valence-corrected chi connectivity index (χ0v) is 14.8. The molecule has 3 rings (SSSR count). The van der Waals surface area contributed by atoms with Gasteiger partial charge in [-0.05, 0) is 37.1 Å². The van der Waals surface area contributed by atoms with Crippen molar-refractivity contribution in [2.75, 3.05) is 19.5 Å². The van der Waals surface area contributed by atoms with Crippen molar-refractivity contribution in [2.45, 2.75) is 20.3 Å². The Hall–Kier alpha value is -3.02. The second-order valence-electron chi connectivity index (χ2n) is 5.72. The highest BCUT2D eigenvalue weighted by Crippen LogP contribution is 2.29. The van der Waals surface area contributed by atoms with Gasteiger partial charge in [-0.25, -0.2) is 4.98 Å². The van der Waals surface area contributed by atoms with Crippen LogP contribution in [0.2, 0.25) is 0 Å². The molecule has 0 spiro atoms. The van der Waals surface area contributed by atoms with Crippen LogP contribution in [-0.4, -0.2) is 29.5 Å². The lowest BCUT2D eigenvalue weighted by Crippen LogP contribution is -2.17. The molecule has 1 amide bonds. The van der Waals surface area contributed by atoms with E-state index in [4.69, 9.17) is 9.47 Å². The number of amides is 1. The van der Waals surface area contributed by atoms with E-state index in [0.717, 1.165) is 16.9 Å². The first-order chi connectivity index (χ1) is 12.1. The number of aryl methyl sites for hydroxylation is 2. The lowest BCUT2D eigenvalue weighted by molar-refractivity contribution is 0.102. The van der Waals surface area contributed by atoms with Crippen molar-refractivity contribution in [3.63, 3.8) is 0 Å². The Morgan fingerprint density at radius 1 is 1.20 bits per heavy atom. The quantitative estimate of drug-likeness (QED) is 0.773. The number of hydrogen-bond donors (Lipinski definition) is 1. The first kappa shape index (κ1) is 16.8. The zero-order chi connectivity index (χ0) is 18.0. The maximum Gasteiger partial charge on any atom is 0.274 e. The number of rotatable bonds is 5. The summed E-state index contributed by atoms with van der Waals surface area (Å²) in [6.45, 7) is 3.97. The van der Waals surface area contributed by atoms with Gasteiger partial charge in [0.1, 0.15) is 22.8 Å². The van der Waals surface area contributed by atoms with E-state index >= 15 is 0 Å². The number of hydrogen-bond acceptors (Lipinski definition) is 4. The summed E-state index contributed by atoms with van der Waals surface area (Å²) < 4.78 is 12.4. The third-order valence-corrected chi connectivity index (χ3v) is 4.04. The molecule has 25 heavy (non-hydrogen) atoms. The number of fused-ring (bicyclic) bond motifs is 1. The molecule has 0 atom stereocenters. The number of benzene rings is 1. The van der Waals surface area contributed by atoms with Crippen molar-refractivity contribution in [3.05, 3.63) is 53.5 Å². The van der Waals surface area contributed by atoms with Crippen LogP contribution in [0.3, 0.4) is 0 Å². The normalized spacial score (nSPS) is 10.7. The predicted octanol–water partition coefficient (Wildman–Crippen LogP) is 3.47. The van der Waals surface area contributed by atoms with Crippen molar-refractivity contribution in [1.82, 2.24) is 9.38 Å². The van der Waals surface area contributed by atoms with Crippen molar-refractivity contribution < 1.29 is 14.3 Å². The molecular formula is C19H21N3O3. The SMILES string of the molecule is CCc1nc2ccc(C)cn2c1C(=O)Nc1cc(OC)ccc1OC. The minimum Gasteiger partial charge on any atom is -0.497 e. The first-order valence-electron chi connectivity index (χ1n) is 8.08. The summed E-state index contributed by atoms with van der Waals surface area (Å²) in [7, 11) is 3.14. The summed E-state index contributed by atoms with van der Waals surface area (Å²) in [6, 6.07) is 9.17. The molecule has 1 aromatic carbocycles. The monoisotopic (exact) mass is 339 g/mol. The van der Waals surface area contributed by atoms with Crippen molar-refractivity contribution in [2.24, 2.45) is 0 Å². The third kappa shape index (κ3) is 3.15. The van der Waals surface area contributed by atoms with E-state index in [-0.39, 0.29) is 5.91 Å². The molecule has 0 bridgehead atoms. The van der Waals surface area contributed by atoms with Gasteiger partial charge in [-0.1, -0.05) is 13.0 Å². The Bertz CT molecular complexity index is 931. The van der Waals surface area contributed by atoms with Gasteiger partial charge in [-0.15, -0.1) is 0 Å². The number of carbonyl (C=O) groups is 1. The number of imidazole rings is 1. The first-order valence-corrected chi connectivity index (χ1v) is 8.08. The van der Waals surface area contributed by atoms with Gasteiger partial charge < -0.3 is 14.8 Å². The molecule has 6 heteroatoms. The molecule has 0 fully saturated rings. The average molecular weight is 339 g/mol. The Morgan fingerprint density at radius 2 is 2.00 bits per heavy atom. The van der Waals surface area contributed by atoms with E-state index in [1.165, 1.54) is 0 Å². The number of anilines is 1. The standard InChI is InChI=1S/C19H21N3O3/c1-5-14-18(22-11-12(2)6-9-17(22)20-14)19(23)21-15-10-13(24-3)7-8-16(15)25-4/h6-11H,5H2,1-4H3,(H,21,23). The number of nitrogens with one attached hydrogen (secondary N) is 1.